The van der Waals surface area contributed by atoms with Crippen molar-refractivity contribution in [2.24, 2.45) is 0 Å². The highest BCUT2D eigenvalue weighted by atomic mass is 79.9. The van der Waals surface area contributed by atoms with E-state index in [0.717, 1.165) is 34.6 Å². The SMILES string of the molecule is O=C1CCN(CCOc2ccc(Br)cc2)c2ccccc21. The summed E-state index contributed by atoms with van der Waals surface area (Å²) >= 11 is 3.40. The van der Waals surface area contributed by atoms with Gasteiger partial charge in [-0.25, -0.2) is 0 Å². The number of benzene rings is 2. The number of rotatable bonds is 4. The Morgan fingerprint density at radius 1 is 1.10 bits per heavy atom. The maximum absolute atomic E-state index is 11.9. The number of ether oxygens (including phenoxy) is 1. The van der Waals surface area contributed by atoms with Crippen molar-refractivity contribution in [1.82, 2.24) is 0 Å². The molecule has 1 heterocycles. The summed E-state index contributed by atoms with van der Waals surface area (Å²) in [5.41, 5.74) is 1.85. The molecule has 0 aromatic heterocycles. The monoisotopic (exact) mass is 345 g/mol. The Morgan fingerprint density at radius 3 is 2.67 bits per heavy atom. The summed E-state index contributed by atoms with van der Waals surface area (Å²) < 4.78 is 6.80. The van der Waals surface area contributed by atoms with Gasteiger partial charge in [-0.15, -0.1) is 0 Å². The Balaban J connectivity index is 1.62. The summed E-state index contributed by atoms with van der Waals surface area (Å²) in [5, 5.41) is 0. The van der Waals surface area contributed by atoms with Crippen molar-refractivity contribution in [2.75, 3.05) is 24.6 Å². The number of hydrogen-bond donors (Lipinski definition) is 0. The summed E-state index contributed by atoms with van der Waals surface area (Å²) in [6, 6.07) is 15.6. The Morgan fingerprint density at radius 2 is 1.86 bits per heavy atom. The predicted octanol–water partition coefficient (Wildman–Crippen LogP) is 3.92. The Kier molecular flexibility index (Phi) is 4.25. The lowest BCUT2D eigenvalue weighted by atomic mass is 10.0. The molecule has 0 saturated carbocycles. The maximum atomic E-state index is 11.9. The van der Waals surface area contributed by atoms with Crippen LogP contribution < -0.4 is 9.64 Å². The van der Waals surface area contributed by atoms with Crippen LogP contribution in [0.15, 0.2) is 53.0 Å². The number of carbonyl (C=O) groups is 1. The van der Waals surface area contributed by atoms with E-state index in [2.05, 4.69) is 20.8 Å². The molecule has 2 aromatic rings. The van der Waals surface area contributed by atoms with Crippen LogP contribution in [0.4, 0.5) is 5.69 Å². The molecule has 0 bridgehead atoms. The van der Waals surface area contributed by atoms with Gasteiger partial charge >= 0.3 is 0 Å². The van der Waals surface area contributed by atoms with Crippen molar-refractivity contribution >= 4 is 27.4 Å². The Hall–Kier alpha value is -1.81. The van der Waals surface area contributed by atoms with Gasteiger partial charge in [-0.05, 0) is 36.4 Å². The number of halogens is 1. The first-order valence-corrected chi connectivity index (χ1v) is 7.79. The third-order valence-corrected chi connectivity index (χ3v) is 4.13. The van der Waals surface area contributed by atoms with Gasteiger partial charge in [0.05, 0.1) is 6.54 Å². The van der Waals surface area contributed by atoms with E-state index < -0.39 is 0 Å². The molecule has 2 aromatic carbocycles. The van der Waals surface area contributed by atoms with Crippen LogP contribution in [0.25, 0.3) is 0 Å². The second-order valence-electron chi connectivity index (χ2n) is 4.98. The first-order chi connectivity index (χ1) is 10.2. The molecule has 0 atom stereocenters. The minimum absolute atomic E-state index is 0.232. The fourth-order valence-electron chi connectivity index (χ4n) is 2.51. The topological polar surface area (TPSA) is 29.5 Å². The predicted molar refractivity (Wildman–Crippen MR) is 87.2 cm³/mol. The Labute approximate surface area is 132 Å². The number of ketones is 1. The summed E-state index contributed by atoms with van der Waals surface area (Å²) in [4.78, 5) is 14.1. The second-order valence-corrected chi connectivity index (χ2v) is 5.90. The number of carbonyl (C=O) groups excluding carboxylic acids is 1. The molecule has 0 unspecified atom stereocenters. The number of fused-ring (bicyclic) bond motifs is 1. The molecule has 0 radical (unpaired) electrons. The minimum atomic E-state index is 0.232. The van der Waals surface area contributed by atoms with Crippen LogP contribution in [-0.4, -0.2) is 25.5 Å². The third-order valence-electron chi connectivity index (χ3n) is 3.60. The summed E-state index contributed by atoms with van der Waals surface area (Å²) in [7, 11) is 0. The van der Waals surface area contributed by atoms with Crippen molar-refractivity contribution in [3.8, 4) is 5.75 Å². The zero-order chi connectivity index (χ0) is 14.7. The molecular weight excluding hydrogens is 330 g/mol. The van der Waals surface area contributed by atoms with E-state index in [0.29, 0.717) is 13.0 Å². The van der Waals surface area contributed by atoms with Crippen molar-refractivity contribution in [3.05, 3.63) is 58.6 Å². The highest BCUT2D eigenvalue weighted by molar-refractivity contribution is 9.10. The van der Waals surface area contributed by atoms with E-state index in [1.165, 1.54) is 0 Å². The molecule has 0 spiro atoms. The van der Waals surface area contributed by atoms with Crippen LogP contribution in [-0.2, 0) is 0 Å². The smallest absolute Gasteiger partial charge is 0.166 e. The molecule has 0 fully saturated rings. The van der Waals surface area contributed by atoms with E-state index in [1.54, 1.807) is 0 Å². The molecule has 0 saturated heterocycles. The number of nitrogens with zero attached hydrogens (tertiary/aromatic N) is 1. The fraction of sp³-hybridized carbons (Fsp3) is 0.235. The molecular formula is C17H16BrNO2. The van der Waals surface area contributed by atoms with Gasteiger partial charge in [0.2, 0.25) is 0 Å². The van der Waals surface area contributed by atoms with Crippen LogP contribution in [0.5, 0.6) is 5.75 Å². The molecule has 108 valence electrons. The molecule has 21 heavy (non-hydrogen) atoms. The number of anilines is 1. The molecule has 4 heteroatoms. The van der Waals surface area contributed by atoms with Crippen LogP contribution >= 0.6 is 15.9 Å². The molecule has 3 nitrogen and oxygen atoms in total. The van der Waals surface area contributed by atoms with E-state index in [-0.39, 0.29) is 5.78 Å². The van der Waals surface area contributed by atoms with Crippen molar-refractivity contribution in [3.63, 3.8) is 0 Å². The maximum Gasteiger partial charge on any atom is 0.166 e. The highest BCUT2D eigenvalue weighted by Crippen LogP contribution is 2.26. The number of hydrogen-bond acceptors (Lipinski definition) is 3. The van der Waals surface area contributed by atoms with E-state index >= 15 is 0 Å². The first-order valence-electron chi connectivity index (χ1n) is 6.99. The van der Waals surface area contributed by atoms with Crippen LogP contribution in [0.3, 0.4) is 0 Å². The van der Waals surface area contributed by atoms with Crippen LogP contribution in [0, 0.1) is 0 Å². The van der Waals surface area contributed by atoms with Gasteiger partial charge in [-0.2, -0.15) is 0 Å². The molecule has 1 aliphatic heterocycles. The normalized spacial score (nSPS) is 14.0. The molecule has 3 rings (SSSR count). The van der Waals surface area contributed by atoms with Gasteiger partial charge in [-0.3, -0.25) is 4.79 Å². The quantitative estimate of drug-likeness (QED) is 0.840. The van der Waals surface area contributed by atoms with E-state index in [9.17, 15) is 4.79 Å². The molecule has 0 aliphatic carbocycles. The average Bonchev–Trinajstić information content (AvgIpc) is 2.52. The zero-order valence-electron chi connectivity index (χ0n) is 11.6. The van der Waals surface area contributed by atoms with Gasteiger partial charge in [-0.1, -0.05) is 28.1 Å². The molecule has 1 aliphatic rings. The Bertz CT molecular complexity index is 639. The van der Waals surface area contributed by atoms with Gasteiger partial charge in [0, 0.05) is 28.7 Å². The van der Waals surface area contributed by atoms with Crippen molar-refractivity contribution < 1.29 is 9.53 Å². The minimum Gasteiger partial charge on any atom is -0.492 e. The van der Waals surface area contributed by atoms with Gasteiger partial charge in [0.1, 0.15) is 12.4 Å². The lowest BCUT2D eigenvalue weighted by Gasteiger charge is -2.30. The standard InChI is InChI=1S/C17H16BrNO2/c18-13-5-7-14(8-6-13)21-12-11-19-10-9-17(20)15-3-1-2-4-16(15)19/h1-8H,9-12H2. The van der Waals surface area contributed by atoms with E-state index in [4.69, 9.17) is 4.74 Å². The van der Waals surface area contributed by atoms with Crippen molar-refractivity contribution in [2.45, 2.75) is 6.42 Å². The average molecular weight is 346 g/mol. The number of Topliss-reactive ketones (excluding diaryl/α,β-unsaturated/α-hetero) is 1. The lowest BCUT2D eigenvalue weighted by molar-refractivity contribution is 0.0979. The summed E-state index contributed by atoms with van der Waals surface area (Å²) in [6.07, 6.45) is 0.579. The lowest BCUT2D eigenvalue weighted by Crippen LogP contribution is -2.35. The second kappa shape index (κ2) is 6.31. The van der Waals surface area contributed by atoms with Gasteiger partial charge in [0.15, 0.2) is 5.78 Å². The zero-order valence-corrected chi connectivity index (χ0v) is 13.2. The third kappa shape index (κ3) is 3.27. The molecule has 0 amide bonds. The van der Waals surface area contributed by atoms with Crippen LogP contribution in [0.1, 0.15) is 16.8 Å². The van der Waals surface area contributed by atoms with E-state index in [1.807, 2.05) is 48.5 Å². The number of para-hydroxylation sites is 1. The summed E-state index contributed by atoms with van der Waals surface area (Å²) in [6.45, 7) is 2.14. The van der Waals surface area contributed by atoms with Gasteiger partial charge < -0.3 is 9.64 Å². The fourth-order valence-corrected chi connectivity index (χ4v) is 2.78. The largest absolute Gasteiger partial charge is 0.492 e. The van der Waals surface area contributed by atoms with Gasteiger partial charge in [0.25, 0.3) is 0 Å². The first kappa shape index (κ1) is 14.1. The van der Waals surface area contributed by atoms with Crippen LogP contribution in [0.2, 0.25) is 0 Å². The highest BCUT2D eigenvalue weighted by Gasteiger charge is 2.21. The molecule has 0 N–H and O–H groups in total. The van der Waals surface area contributed by atoms with Crippen molar-refractivity contribution in [1.29, 1.82) is 0 Å². The summed E-state index contributed by atoms with van der Waals surface area (Å²) in [5.74, 6) is 1.09.